The molecule has 3 aromatic carbocycles. The highest BCUT2D eigenvalue weighted by Crippen LogP contribution is 2.44. The average Bonchev–Trinajstić information content (AvgIpc) is 3.11. The van der Waals surface area contributed by atoms with Gasteiger partial charge in [0.05, 0.1) is 0 Å². The molecule has 1 aliphatic carbocycles. The second kappa shape index (κ2) is 9.10. The molecule has 6 heteroatoms. The van der Waals surface area contributed by atoms with Crippen molar-refractivity contribution in [2.75, 3.05) is 13.2 Å². The van der Waals surface area contributed by atoms with E-state index in [1.54, 1.807) is 18.2 Å². The first kappa shape index (κ1) is 21.4. The van der Waals surface area contributed by atoms with Crippen LogP contribution in [-0.2, 0) is 4.74 Å². The molecule has 2 atom stereocenters. The highest BCUT2D eigenvalue weighted by molar-refractivity contribution is 6.30. The Bertz CT molecular complexity index is 1050. The van der Waals surface area contributed by atoms with E-state index in [2.05, 4.69) is 29.6 Å². The van der Waals surface area contributed by atoms with E-state index in [9.17, 15) is 15.0 Å². The molecule has 0 saturated heterocycles. The number of carbonyl (C=O) groups excluding carboxylic acids is 1. The Morgan fingerprint density at radius 1 is 1.03 bits per heavy atom. The van der Waals surface area contributed by atoms with Crippen LogP contribution >= 0.6 is 11.6 Å². The molecular weight excluding hydrogens is 414 g/mol. The molecular formula is C25H24ClNO4. The van der Waals surface area contributed by atoms with Gasteiger partial charge < -0.3 is 20.3 Å². The summed E-state index contributed by atoms with van der Waals surface area (Å²) in [5.74, 6) is -0.0391. The SMILES string of the molecule is Cc1ccc(Cl)cc1C(O)C(O)CNC(=O)OCC1c2ccccc2-c2ccccc21. The number of aliphatic hydroxyl groups is 2. The van der Waals surface area contributed by atoms with Crippen molar-refractivity contribution >= 4 is 17.7 Å². The lowest BCUT2D eigenvalue weighted by Crippen LogP contribution is -2.36. The number of amides is 1. The minimum absolute atomic E-state index is 0.0391. The summed E-state index contributed by atoms with van der Waals surface area (Å²) in [6, 6.07) is 21.3. The number of fused-ring (bicyclic) bond motifs is 3. The highest BCUT2D eigenvalue weighted by atomic mass is 35.5. The van der Waals surface area contributed by atoms with Gasteiger partial charge in [0.1, 0.15) is 18.8 Å². The Hall–Kier alpha value is -2.86. The Labute approximate surface area is 186 Å². The summed E-state index contributed by atoms with van der Waals surface area (Å²) in [5.41, 5.74) is 5.89. The number of hydrogen-bond acceptors (Lipinski definition) is 4. The molecule has 1 aliphatic rings. The van der Waals surface area contributed by atoms with Gasteiger partial charge in [0.25, 0.3) is 0 Å². The van der Waals surface area contributed by atoms with Gasteiger partial charge in [-0.25, -0.2) is 4.79 Å². The second-order valence-corrected chi connectivity index (χ2v) is 8.16. The topological polar surface area (TPSA) is 78.8 Å². The maximum Gasteiger partial charge on any atom is 0.407 e. The molecule has 0 bridgehead atoms. The Kier molecular flexibility index (Phi) is 6.28. The zero-order valence-electron chi connectivity index (χ0n) is 17.1. The third kappa shape index (κ3) is 4.44. The molecule has 3 aromatic rings. The van der Waals surface area contributed by atoms with Gasteiger partial charge in [-0.3, -0.25) is 0 Å². The first-order valence-electron chi connectivity index (χ1n) is 10.2. The largest absolute Gasteiger partial charge is 0.449 e. The van der Waals surface area contributed by atoms with Gasteiger partial charge >= 0.3 is 6.09 Å². The number of rotatable bonds is 6. The van der Waals surface area contributed by atoms with Gasteiger partial charge in [-0.2, -0.15) is 0 Å². The van der Waals surface area contributed by atoms with E-state index in [0.717, 1.165) is 27.8 Å². The van der Waals surface area contributed by atoms with Crippen LogP contribution < -0.4 is 5.32 Å². The van der Waals surface area contributed by atoms with Gasteiger partial charge in [-0.1, -0.05) is 66.2 Å². The molecule has 0 fully saturated rings. The number of halogens is 1. The van der Waals surface area contributed by atoms with Crippen molar-refractivity contribution < 1.29 is 19.7 Å². The molecule has 2 unspecified atom stereocenters. The van der Waals surface area contributed by atoms with Gasteiger partial charge in [0.2, 0.25) is 0 Å². The molecule has 0 spiro atoms. The van der Waals surface area contributed by atoms with Gasteiger partial charge in [-0.15, -0.1) is 0 Å². The fraction of sp³-hybridized carbons (Fsp3) is 0.240. The molecule has 31 heavy (non-hydrogen) atoms. The number of ether oxygens (including phenoxy) is 1. The number of aliphatic hydroxyl groups excluding tert-OH is 2. The third-order valence-corrected chi connectivity index (χ3v) is 5.96. The summed E-state index contributed by atoms with van der Waals surface area (Å²) >= 11 is 5.99. The van der Waals surface area contributed by atoms with Crippen LogP contribution in [0.4, 0.5) is 4.79 Å². The highest BCUT2D eigenvalue weighted by Gasteiger charge is 2.29. The van der Waals surface area contributed by atoms with Crippen molar-refractivity contribution in [1.82, 2.24) is 5.32 Å². The standard InChI is InChI=1S/C25H24ClNO4/c1-15-10-11-16(26)12-21(15)24(29)23(28)13-27-25(30)31-14-22-19-8-4-2-6-17(19)18-7-3-5-9-20(18)22/h2-12,22-24,28-29H,13-14H2,1H3,(H,27,30). The molecule has 0 aromatic heterocycles. The lowest BCUT2D eigenvalue weighted by molar-refractivity contribution is 0.0182. The zero-order chi connectivity index (χ0) is 22.0. The summed E-state index contributed by atoms with van der Waals surface area (Å²) in [6.45, 7) is 1.86. The molecule has 4 rings (SSSR count). The van der Waals surface area contributed by atoms with Crippen molar-refractivity contribution in [3.63, 3.8) is 0 Å². The number of aryl methyl sites for hydroxylation is 1. The van der Waals surface area contributed by atoms with E-state index in [4.69, 9.17) is 16.3 Å². The Balaban J connectivity index is 1.35. The van der Waals surface area contributed by atoms with E-state index in [0.29, 0.717) is 10.6 Å². The first-order chi connectivity index (χ1) is 15.0. The number of nitrogens with one attached hydrogen (secondary N) is 1. The molecule has 0 radical (unpaired) electrons. The van der Waals surface area contributed by atoms with E-state index >= 15 is 0 Å². The zero-order valence-corrected chi connectivity index (χ0v) is 17.8. The van der Waals surface area contributed by atoms with Gasteiger partial charge in [0.15, 0.2) is 0 Å². The summed E-state index contributed by atoms with van der Waals surface area (Å²) in [6.07, 6.45) is -3.01. The van der Waals surface area contributed by atoms with Crippen molar-refractivity contribution in [3.8, 4) is 11.1 Å². The Morgan fingerprint density at radius 3 is 2.29 bits per heavy atom. The van der Waals surface area contributed by atoms with Crippen molar-refractivity contribution in [1.29, 1.82) is 0 Å². The van der Waals surface area contributed by atoms with Crippen LogP contribution in [0.5, 0.6) is 0 Å². The van der Waals surface area contributed by atoms with Crippen LogP contribution in [0.1, 0.15) is 34.3 Å². The smallest absolute Gasteiger partial charge is 0.407 e. The van der Waals surface area contributed by atoms with Crippen LogP contribution in [0.25, 0.3) is 11.1 Å². The Morgan fingerprint density at radius 2 is 1.65 bits per heavy atom. The quantitative estimate of drug-likeness (QED) is 0.527. The molecule has 0 saturated carbocycles. The van der Waals surface area contributed by atoms with Crippen molar-refractivity contribution in [2.45, 2.75) is 25.0 Å². The van der Waals surface area contributed by atoms with Crippen LogP contribution in [0.15, 0.2) is 66.7 Å². The maximum atomic E-state index is 12.3. The van der Waals surface area contributed by atoms with E-state index in [-0.39, 0.29) is 19.1 Å². The summed E-state index contributed by atoms with van der Waals surface area (Å²) in [5, 5.41) is 23.7. The van der Waals surface area contributed by atoms with Crippen molar-refractivity contribution in [2.24, 2.45) is 0 Å². The number of benzene rings is 3. The number of hydrogen-bond donors (Lipinski definition) is 3. The van der Waals surface area contributed by atoms with E-state index in [1.807, 2.05) is 31.2 Å². The normalized spacial score (nSPS) is 14.5. The van der Waals surface area contributed by atoms with E-state index < -0.39 is 18.3 Å². The molecule has 0 heterocycles. The first-order valence-corrected chi connectivity index (χ1v) is 10.5. The number of carbonyl (C=O) groups is 1. The minimum Gasteiger partial charge on any atom is -0.449 e. The van der Waals surface area contributed by atoms with Gasteiger partial charge in [-0.05, 0) is 52.4 Å². The van der Waals surface area contributed by atoms with Crippen LogP contribution in [0.2, 0.25) is 5.02 Å². The fourth-order valence-electron chi connectivity index (χ4n) is 4.09. The summed E-state index contributed by atoms with van der Waals surface area (Å²) < 4.78 is 5.45. The van der Waals surface area contributed by atoms with Crippen LogP contribution in [0.3, 0.4) is 0 Å². The molecule has 0 aliphatic heterocycles. The lowest BCUT2D eigenvalue weighted by Gasteiger charge is -2.21. The van der Waals surface area contributed by atoms with Gasteiger partial charge in [0, 0.05) is 17.5 Å². The molecule has 5 nitrogen and oxygen atoms in total. The lowest BCUT2D eigenvalue weighted by atomic mass is 9.98. The average molecular weight is 438 g/mol. The van der Waals surface area contributed by atoms with E-state index in [1.165, 1.54) is 0 Å². The molecule has 160 valence electrons. The molecule has 3 N–H and O–H groups in total. The van der Waals surface area contributed by atoms with Crippen molar-refractivity contribution in [3.05, 3.63) is 94.0 Å². The monoisotopic (exact) mass is 437 g/mol. The van der Waals surface area contributed by atoms with Crippen LogP contribution in [0, 0.1) is 6.92 Å². The molecule has 1 amide bonds. The second-order valence-electron chi connectivity index (χ2n) is 7.72. The predicted molar refractivity (Wildman–Crippen MR) is 120 cm³/mol. The fourth-order valence-corrected chi connectivity index (χ4v) is 4.27. The maximum absolute atomic E-state index is 12.3. The third-order valence-electron chi connectivity index (χ3n) is 5.72. The van der Waals surface area contributed by atoms with Crippen LogP contribution in [-0.4, -0.2) is 35.6 Å². The minimum atomic E-state index is -1.20. The predicted octanol–water partition coefficient (Wildman–Crippen LogP) is 4.58. The summed E-state index contributed by atoms with van der Waals surface area (Å²) in [7, 11) is 0. The summed E-state index contributed by atoms with van der Waals surface area (Å²) in [4.78, 5) is 12.3. The number of alkyl carbamates (subject to hydrolysis) is 1.